The Morgan fingerprint density at radius 1 is 1.39 bits per heavy atom. The number of hydrogen-bond acceptors (Lipinski definition) is 2. The second-order valence-corrected chi connectivity index (χ2v) is 5.42. The van der Waals surface area contributed by atoms with Crippen LogP contribution in [0, 0.1) is 5.92 Å². The lowest BCUT2D eigenvalue weighted by Crippen LogP contribution is -2.38. The number of halogens is 1. The van der Waals surface area contributed by atoms with Crippen molar-refractivity contribution in [3.8, 4) is 0 Å². The molecule has 0 heterocycles. The van der Waals surface area contributed by atoms with Crippen LogP contribution in [0.15, 0.2) is 28.7 Å². The highest BCUT2D eigenvalue weighted by Gasteiger charge is 2.15. The van der Waals surface area contributed by atoms with Crippen molar-refractivity contribution < 1.29 is 9.53 Å². The average Bonchev–Trinajstić information content (AvgIpc) is 2.32. The molecule has 3 nitrogen and oxygen atoms in total. The minimum atomic E-state index is -0.114. The monoisotopic (exact) mass is 313 g/mol. The third-order valence-electron chi connectivity index (χ3n) is 2.74. The van der Waals surface area contributed by atoms with E-state index in [4.69, 9.17) is 4.74 Å². The molecule has 4 heteroatoms. The number of carbonyl (C=O) groups is 1. The number of ether oxygens (including phenoxy) is 1. The van der Waals surface area contributed by atoms with E-state index in [9.17, 15) is 4.79 Å². The van der Waals surface area contributed by atoms with Crippen molar-refractivity contribution in [3.05, 3.63) is 34.3 Å². The average molecular weight is 314 g/mol. The molecule has 0 bridgehead atoms. The highest BCUT2D eigenvalue weighted by molar-refractivity contribution is 9.10. The first kappa shape index (κ1) is 15.2. The summed E-state index contributed by atoms with van der Waals surface area (Å²) in [5.74, 6) is -0.0759. The molecule has 0 fully saturated rings. The number of carbonyl (C=O) groups excluding carboxylic acids is 1. The second-order valence-electron chi connectivity index (χ2n) is 4.56. The summed E-state index contributed by atoms with van der Waals surface area (Å²) in [6.07, 6.45) is 0.812. The fourth-order valence-electron chi connectivity index (χ4n) is 1.76. The predicted octanol–water partition coefficient (Wildman–Crippen LogP) is 2.78. The molecule has 1 rings (SSSR count). The maximum atomic E-state index is 11.8. The predicted molar refractivity (Wildman–Crippen MR) is 76.5 cm³/mol. The molecule has 0 aliphatic heterocycles. The molecule has 1 aromatic rings. The summed E-state index contributed by atoms with van der Waals surface area (Å²) in [7, 11) is 1.61. The van der Waals surface area contributed by atoms with Gasteiger partial charge in [0.25, 0.3) is 0 Å². The number of benzene rings is 1. The van der Waals surface area contributed by atoms with Crippen LogP contribution < -0.4 is 5.32 Å². The highest BCUT2D eigenvalue weighted by atomic mass is 79.9. The van der Waals surface area contributed by atoms with Crippen LogP contribution >= 0.6 is 15.9 Å². The molecule has 1 N–H and O–H groups in total. The van der Waals surface area contributed by atoms with E-state index < -0.39 is 0 Å². The minimum absolute atomic E-state index is 0.0383. The highest BCUT2D eigenvalue weighted by Crippen LogP contribution is 2.17. The Hall–Kier alpha value is -0.870. The van der Waals surface area contributed by atoms with Gasteiger partial charge >= 0.3 is 0 Å². The zero-order chi connectivity index (χ0) is 13.5. The molecular weight excluding hydrogens is 294 g/mol. The van der Waals surface area contributed by atoms with Crippen molar-refractivity contribution in [2.75, 3.05) is 13.7 Å². The second kappa shape index (κ2) is 7.54. The van der Waals surface area contributed by atoms with Crippen LogP contribution in [-0.4, -0.2) is 25.7 Å². The Labute approximate surface area is 117 Å². The maximum absolute atomic E-state index is 11.8. The van der Waals surface area contributed by atoms with E-state index in [1.807, 2.05) is 32.0 Å². The van der Waals surface area contributed by atoms with Gasteiger partial charge in [-0.1, -0.05) is 41.1 Å². The van der Waals surface area contributed by atoms with Crippen LogP contribution in [0.2, 0.25) is 0 Å². The smallest absolute Gasteiger partial charge is 0.225 e. The topological polar surface area (TPSA) is 38.3 Å². The maximum Gasteiger partial charge on any atom is 0.225 e. The zero-order valence-corrected chi connectivity index (χ0v) is 12.7. The third kappa shape index (κ3) is 4.78. The summed E-state index contributed by atoms with van der Waals surface area (Å²) in [6, 6.07) is 8.16. The van der Waals surface area contributed by atoms with Crippen molar-refractivity contribution in [3.63, 3.8) is 0 Å². The lowest BCUT2D eigenvalue weighted by molar-refractivity contribution is -0.126. The zero-order valence-electron chi connectivity index (χ0n) is 11.1. The SMILES string of the molecule is COCC(C)C(=O)NC(C)Cc1ccccc1Br. The summed E-state index contributed by atoms with van der Waals surface area (Å²) in [5.41, 5.74) is 1.20. The van der Waals surface area contributed by atoms with Gasteiger partial charge < -0.3 is 10.1 Å². The van der Waals surface area contributed by atoms with Gasteiger partial charge in [0.2, 0.25) is 5.91 Å². The first-order valence-corrected chi connectivity index (χ1v) is 6.86. The minimum Gasteiger partial charge on any atom is -0.384 e. The van der Waals surface area contributed by atoms with Crippen molar-refractivity contribution >= 4 is 21.8 Å². The standard InChI is InChI=1S/C14H20BrNO2/c1-10(9-18-3)14(17)16-11(2)8-12-6-4-5-7-13(12)15/h4-7,10-11H,8-9H2,1-3H3,(H,16,17). The molecule has 0 saturated heterocycles. The quantitative estimate of drug-likeness (QED) is 0.877. The van der Waals surface area contributed by atoms with E-state index in [1.165, 1.54) is 5.56 Å². The Morgan fingerprint density at radius 3 is 2.67 bits per heavy atom. The van der Waals surface area contributed by atoms with Crippen molar-refractivity contribution in [1.82, 2.24) is 5.32 Å². The van der Waals surface area contributed by atoms with Crippen LogP contribution in [0.4, 0.5) is 0 Å². The Kier molecular flexibility index (Phi) is 6.36. The number of nitrogens with one attached hydrogen (secondary N) is 1. The molecular formula is C14H20BrNO2. The number of amides is 1. The first-order chi connectivity index (χ1) is 8.54. The molecule has 0 spiro atoms. The Morgan fingerprint density at radius 2 is 2.06 bits per heavy atom. The number of rotatable bonds is 6. The van der Waals surface area contributed by atoms with Gasteiger partial charge in [-0.25, -0.2) is 0 Å². The molecule has 2 atom stereocenters. The third-order valence-corrected chi connectivity index (χ3v) is 3.51. The fraction of sp³-hybridized carbons (Fsp3) is 0.500. The summed E-state index contributed by atoms with van der Waals surface area (Å²) in [4.78, 5) is 11.8. The van der Waals surface area contributed by atoms with Crippen LogP contribution in [0.5, 0.6) is 0 Å². The normalized spacial score (nSPS) is 14.0. The lowest BCUT2D eigenvalue weighted by Gasteiger charge is -2.17. The first-order valence-electron chi connectivity index (χ1n) is 6.07. The van der Waals surface area contributed by atoms with Gasteiger partial charge in [-0.05, 0) is 25.0 Å². The molecule has 100 valence electrons. The van der Waals surface area contributed by atoms with Gasteiger partial charge in [-0.3, -0.25) is 4.79 Å². The number of methoxy groups -OCH3 is 1. The Bertz CT molecular complexity index is 395. The summed E-state index contributed by atoms with van der Waals surface area (Å²) < 4.78 is 6.06. The molecule has 1 amide bonds. The van der Waals surface area contributed by atoms with Gasteiger partial charge in [0.1, 0.15) is 0 Å². The van der Waals surface area contributed by atoms with E-state index in [1.54, 1.807) is 7.11 Å². The molecule has 18 heavy (non-hydrogen) atoms. The van der Waals surface area contributed by atoms with Crippen molar-refractivity contribution in [1.29, 1.82) is 0 Å². The van der Waals surface area contributed by atoms with Crippen molar-refractivity contribution in [2.45, 2.75) is 26.3 Å². The van der Waals surface area contributed by atoms with Crippen LogP contribution in [0.3, 0.4) is 0 Å². The van der Waals surface area contributed by atoms with E-state index >= 15 is 0 Å². The van der Waals surface area contributed by atoms with Gasteiger partial charge in [0.05, 0.1) is 12.5 Å². The summed E-state index contributed by atoms with van der Waals surface area (Å²) in [6.45, 7) is 4.33. The van der Waals surface area contributed by atoms with E-state index in [-0.39, 0.29) is 17.9 Å². The van der Waals surface area contributed by atoms with Crippen LogP contribution in [0.1, 0.15) is 19.4 Å². The van der Waals surface area contributed by atoms with Gasteiger partial charge in [-0.2, -0.15) is 0 Å². The van der Waals surface area contributed by atoms with Crippen molar-refractivity contribution in [2.24, 2.45) is 5.92 Å². The molecule has 0 radical (unpaired) electrons. The molecule has 0 aromatic heterocycles. The van der Waals surface area contributed by atoms with Gasteiger partial charge in [0, 0.05) is 17.6 Å². The van der Waals surface area contributed by atoms with E-state index in [0.29, 0.717) is 6.61 Å². The summed E-state index contributed by atoms with van der Waals surface area (Å²) >= 11 is 3.51. The lowest BCUT2D eigenvalue weighted by atomic mass is 10.1. The fourth-order valence-corrected chi connectivity index (χ4v) is 2.20. The molecule has 2 unspecified atom stereocenters. The summed E-state index contributed by atoms with van der Waals surface area (Å²) in [5, 5.41) is 3.00. The van der Waals surface area contributed by atoms with Crippen LogP contribution in [-0.2, 0) is 16.0 Å². The molecule has 0 aliphatic carbocycles. The van der Waals surface area contributed by atoms with E-state index in [2.05, 4.69) is 27.3 Å². The largest absolute Gasteiger partial charge is 0.384 e. The molecule has 0 saturated carbocycles. The van der Waals surface area contributed by atoms with E-state index in [0.717, 1.165) is 10.9 Å². The Balaban J connectivity index is 2.49. The molecule has 0 aliphatic rings. The van der Waals surface area contributed by atoms with Crippen LogP contribution in [0.25, 0.3) is 0 Å². The molecule has 1 aromatic carbocycles. The number of hydrogen-bond donors (Lipinski definition) is 1. The van der Waals surface area contributed by atoms with Gasteiger partial charge in [0.15, 0.2) is 0 Å². The van der Waals surface area contributed by atoms with Gasteiger partial charge in [-0.15, -0.1) is 0 Å².